The molecule has 0 bridgehead atoms. The number of nitrogens with zero attached hydrogens (tertiary/aromatic N) is 1. The Morgan fingerprint density at radius 3 is 2.15 bits per heavy atom. The number of esters is 1. The van der Waals surface area contributed by atoms with Gasteiger partial charge in [0, 0.05) is 12.8 Å². The van der Waals surface area contributed by atoms with Crippen LogP contribution < -0.4 is 0 Å². The molecule has 0 aromatic carbocycles. The van der Waals surface area contributed by atoms with Gasteiger partial charge in [-0.3, -0.25) is 14.4 Å². The van der Waals surface area contributed by atoms with Crippen molar-refractivity contribution in [1.82, 2.24) is 5.06 Å². The number of hydrogen-bond donors (Lipinski definition) is 0. The van der Waals surface area contributed by atoms with Gasteiger partial charge in [0.1, 0.15) is 5.60 Å². The molecule has 1 aliphatic heterocycles. The Labute approximate surface area is 117 Å². The predicted octanol–water partition coefficient (Wildman–Crippen LogP) is 0.961. The summed E-state index contributed by atoms with van der Waals surface area (Å²) in [6.45, 7) is 6.62. The molecule has 7 nitrogen and oxygen atoms in total. The lowest BCUT2D eigenvalue weighted by molar-refractivity contribution is -0.200. The van der Waals surface area contributed by atoms with Crippen LogP contribution in [0, 0.1) is 5.92 Å². The van der Waals surface area contributed by atoms with E-state index in [0.29, 0.717) is 5.06 Å². The van der Waals surface area contributed by atoms with Crippen molar-refractivity contribution in [1.29, 1.82) is 0 Å². The Bertz CT molecular complexity index is 421. The molecule has 1 atom stereocenters. The second-order valence-electron chi connectivity index (χ2n) is 5.68. The van der Waals surface area contributed by atoms with Crippen LogP contribution in [0.15, 0.2) is 0 Å². The van der Waals surface area contributed by atoms with Gasteiger partial charge in [-0.15, -0.1) is 5.06 Å². The number of rotatable bonds is 4. The molecule has 1 unspecified atom stereocenters. The Morgan fingerprint density at radius 2 is 1.70 bits per heavy atom. The molecule has 0 N–H and O–H groups in total. The average molecular weight is 285 g/mol. The highest BCUT2D eigenvalue weighted by Crippen LogP contribution is 2.16. The Balaban J connectivity index is 2.49. The van der Waals surface area contributed by atoms with Gasteiger partial charge in [0.25, 0.3) is 11.8 Å². The molecule has 1 rings (SSSR count). The monoisotopic (exact) mass is 285 g/mol. The van der Waals surface area contributed by atoms with Gasteiger partial charge >= 0.3 is 11.9 Å². The van der Waals surface area contributed by atoms with Crippen LogP contribution in [0.2, 0.25) is 0 Å². The van der Waals surface area contributed by atoms with Crippen molar-refractivity contribution in [2.75, 3.05) is 0 Å². The summed E-state index contributed by atoms with van der Waals surface area (Å²) in [5.41, 5.74) is -0.637. The van der Waals surface area contributed by atoms with E-state index in [0.717, 1.165) is 0 Å². The standard InChI is InChI=1S/C13H19NO6/c1-8(7-11(17)19-13(2,3)4)12(18)20-14-9(15)5-6-10(14)16/h8H,5-7H2,1-4H3. The summed E-state index contributed by atoms with van der Waals surface area (Å²) in [6.07, 6.45) is -0.106. The third-order valence-corrected chi connectivity index (χ3v) is 2.48. The summed E-state index contributed by atoms with van der Waals surface area (Å²) in [7, 11) is 0. The van der Waals surface area contributed by atoms with Crippen molar-refractivity contribution >= 4 is 23.8 Å². The van der Waals surface area contributed by atoms with E-state index in [1.165, 1.54) is 6.92 Å². The molecule has 1 saturated heterocycles. The second-order valence-corrected chi connectivity index (χ2v) is 5.68. The van der Waals surface area contributed by atoms with Gasteiger partial charge in [-0.1, -0.05) is 6.92 Å². The number of hydroxylamine groups is 2. The lowest BCUT2D eigenvalue weighted by atomic mass is 10.1. The van der Waals surface area contributed by atoms with E-state index in [1.54, 1.807) is 20.8 Å². The van der Waals surface area contributed by atoms with Gasteiger partial charge in [0.2, 0.25) is 0 Å². The summed E-state index contributed by atoms with van der Waals surface area (Å²) in [6, 6.07) is 0. The zero-order valence-electron chi connectivity index (χ0n) is 12.1. The minimum absolute atomic E-state index is 0.0343. The molecule has 0 spiro atoms. The van der Waals surface area contributed by atoms with Crippen LogP contribution in [0.3, 0.4) is 0 Å². The van der Waals surface area contributed by atoms with E-state index in [4.69, 9.17) is 9.57 Å². The maximum absolute atomic E-state index is 11.7. The maximum Gasteiger partial charge on any atom is 0.336 e. The van der Waals surface area contributed by atoms with E-state index in [2.05, 4.69) is 0 Å². The van der Waals surface area contributed by atoms with E-state index < -0.39 is 35.3 Å². The molecule has 0 radical (unpaired) electrons. The van der Waals surface area contributed by atoms with Crippen LogP contribution in [0.5, 0.6) is 0 Å². The summed E-state index contributed by atoms with van der Waals surface area (Å²) in [5, 5.41) is 0.466. The zero-order valence-corrected chi connectivity index (χ0v) is 12.1. The number of carbonyl (C=O) groups excluding carboxylic acids is 4. The molecule has 0 aromatic rings. The largest absolute Gasteiger partial charge is 0.460 e. The van der Waals surface area contributed by atoms with Crippen molar-refractivity contribution in [3.05, 3.63) is 0 Å². The van der Waals surface area contributed by atoms with E-state index in [1.807, 2.05) is 0 Å². The lowest BCUT2D eigenvalue weighted by Crippen LogP contribution is -2.35. The molecular weight excluding hydrogens is 266 g/mol. The van der Waals surface area contributed by atoms with Crippen molar-refractivity contribution in [3.63, 3.8) is 0 Å². The first kappa shape index (κ1) is 16.1. The number of amides is 2. The van der Waals surface area contributed by atoms with Crippen LogP contribution in [0.4, 0.5) is 0 Å². The SMILES string of the molecule is CC(CC(=O)OC(C)(C)C)C(=O)ON1C(=O)CCC1=O. The first-order chi connectivity index (χ1) is 9.10. The van der Waals surface area contributed by atoms with Crippen LogP contribution in [0.25, 0.3) is 0 Å². The molecule has 1 fully saturated rings. The highest BCUT2D eigenvalue weighted by atomic mass is 16.7. The first-order valence-corrected chi connectivity index (χ1v) is 6.39. The summed E-state index contributed by atoms with van der Waals surface area (Å²) in [4.78, 5) is 50.6. The fourth-order valence-electron chi connectivity index (χ4n) is 1.55. The first-order valence-electron chi connectivity index (χ1n) is 6.39. The van der Waals surface area contributed by atoms with E-state index >= 15 is 0 Å². The van der Waals surface area contributed by atoms with Crippen LogP contribution in [-0.4, -0.2) is 34.4 Å². The number of carbonyl (C=O) groups is 4. The fourth-order valence-corrected chi connectivity index (χ4v) is 1.55. The van der Waals surface area contributed by atoms with Crippen LogP contribution in [-0.2, 0) is 28.8 Å². The quantitative estimate of drug-likeness (QED) is 0.564. The molecule has 2 amide bonds. The minimum atomic E-state index is -0.806. The summed E-state index contributed by atoms with van der Waals surface area (Å²) < 4.78 is 5.08. The number of ether oxygens (including phenoxy) is 1. The van der Waals surface area contributed by atoms with Gasteiger partial charge in [-0.2, -0.15) is 0 Å². The van der Waals surface area contributed by atoms with Gasteiger partial charge in [0.15, 0.2) is 0 Å². The van der Waals surface area contributed by atoms with E-state index in [-0.39, 0.29) is 19.3 Å². The van der Waals surface area contributed by atoms with Crippen LogP contribution in [0.1, 0.15) is 47.0 Å². The number of hydrogen-bond acceptors (Lipinski definition) is 6. The smallest absolute Gasteiger partial charge is 0.336 e. The molecule has 1 heterocycles. The average Bonchev–Trinajstić information content (AvgIpc) is 2.57. The van der Waals surface area contributed by atoms with Crippen molar-refractivity contribution in [2.45, 2.75) is 52.6 Å². The highest BCUT2D eigenvalue weighted by molar-refractivity contribution is 6.01. The zero-order chi connectivity index (χ0) is 15.5. The molecule has 7 heteroatoms. The summed E-state index contributed by atoms with van der Waals surface area (Å²) in [5.74, 6) is -3.24. The van der Waals surface area contributed by atoms with Crippen molar-refractivity contribution < 1.29 is 28.8 Å². The molecular formula is C13H19NO6. The van der Waals surface area contributed by atoms with E-state index in [9.17, 15) is 19.2 Å². The molecule has 1 aliphatic rings. The predicted molar refractivity (Wildman–Crippen MR) is 66.8 cm³/mol. The highest BCUT2D eigenvalue weighted by Gasteiger charge is 2.34. The molecule has 20 heavy (non-hydrogen) atoms. The van der Waals surface area contributed by atoms with Gasteiger partial charge in [0.05, 0.1) is 12.3 Å². The fraction of sp³-hybridized carbons (Fsp3) is 0.692. The molecule has 0 aromatic heterocycles. The minimum Gasteiger partial charge on any atom is -0.460 e. The lowest BCUT2D eigenvalue weighted by Gasteiger charge is -2.21. The Morgan fingerprint density at radius 1 is 1.20 bits per heavy atom. The third-order valence-electron chi connectivity index (χ3n) is 2.48. The van der Waals surface area contributed by atoms with Crippen molar-refractivity contribution in [2.24, 2.45) is 5.92 Å². The van der Waals surface area contributed by atoms with Crippen LogP contribution >= 0.6 is 0 Å². The van der Waals surface area contributed by atoms with Gasteiger partial charge in [-0.05, 0) is 20.8 Å². The Kier molecular flexibility index (Phi) is 4.86. The van der Waals surface area contributed by atoms with Gasteiger partial charge < -0.3 is 9.57 Å². The molecule has 112 valence electrons. The normalized spacial score (nSPS) is 17.1. The molecule has 0 saturated carbocycles. The third kappa shape index (κ3) is 4.64. The molecule has 0 aliphatic carbocycles. The Hall–Kier alpha value is -1.92. The second kappa shape index (κ2) is 6.02. The topological polar surface area (TPSA) is 90.0 Å². The summed E-state index contributed by atoms with van der Waals surface area (Å²) >= 11 is 0. The van der Waals surface area contributed by atoms with Gasteiger partial charge in [-0.25, -0.2) is 4.79 Å². The van der Waals surface area contributed by atoms with Crippen molar-refractivity contribution in [3.8, 4) is 0 Å². The number of imide groups is 1. The maximum atomic E-state index is 11.7.